The summed E-state index contributed by atoms with van der Waals surface area (Å²) in [6.45, 7) is -0.295. The first-order chi connectivity index (χ1) is 20.4. The lowest BCUT2D eigenvalue weighted by Gasteiger charge is -2.25. The lowest BCUT2D eigenvalue weighted by atomic mass is 10.1. The fraction of sp³-hybridized carbons (Fsp3) is 0.312. The van der Waals surface area contributed by atoms with Gasteiger partial charge in [-0.1, -0.05) is 72.8 Å². The standard InChI is InChI=1S/C32H36N4O6/c37-20-27-32(41)34-24(18-23-12-5-2-6-13-23)21-42-28-16-8-7-15-25(28)30(39)36-26(19-29(38)35-27)31(40)33-17-9-14-22-10-3-1-4-11-22/h1-8,10-13,15-16,24,26-27,37H,9,14,17-21H2,(H,33,40)(H,34,41)(H,35,38)(H,36,39)/t24-,26+,27+/m1/s1. The van der Waals surface area contributed by atoms with Crippen molar-refractivity contribution >= 4 is 23.6 Å². The van der Waals surface area contributed by atoms with Gasteiger partial charge in [-0.3, -0.25) is 19.2 Å². The molecule has 3 aromatic rings. The predicted octanol–water partition coefficient (Wildman–Crippen LogP) is 1.52. The summed E-state index contributed by atoms with van der Waals surface area (Å²) in [5.41, 5.74) is 2.27. The number of benzene rings is 3. The molecule has 0 saturated heterocycles. The molecule has 1 aliphatic heterocycles. The van der Waals surface area contributed by atoms with E-state index in [-0.39, 0.29) is 17.9 Å². The Morgan fingerprint density at radius 2 is 1.52 bits per heavy atom. The van der Waals surface area contributed by atoms with Gasteiger partial charge in [0, 0.05) is 6.54 Å². The third-order valence-corrected chi connectivity index (χ3v) is 6.87. The number of nitrogens with one attached hydrogen (secondary N) is 4. The highest BCUT2D eigenvalue weighted by Gasteiger charge is 2.29. The predicted molar refractivity (Wildman–Crippen MR) is 157 cm³/mol. The summed E-state index contributed by atoms with van der Waals surface area (Å²) in [5, 5.41) is 20.7. The van der Waals surface area contributed by atoms with Gasteiger partial charge in [0.05, 0.1) is 24.6 Å². The second-order valence-electron chi connectivity index (χ2n) is 10.1. The molecule has 3 aromatic carbocycles. The molecule has 10 nitrogen and oxygen atoms in total. The Kier molecular flexibility index (Phi) is 11.1. The molecule has 4 rings (SSSR count). The molecule has 0 aliphatic carbocycles. The van der Waals surface area contributed by atoms with Gasteiger partial charge >= 0.3 is 0 Å². The average molecular weight is 573 g/mol. The van der Waals surface area contributed by atoms with Crippen molar-refractivity contribution in [3.8, 4) is 5.75 Å². The van der Waals surface area contributed by atoms with Crippen LogP contribution in [-0.4, -0.2) is 66.6 Å². The van der Waals surface area contributed by atoms with Gasteiger partial charge in [0.25, 0.3) is 5.91 Å². The highest BCUT2D eigenvalue weighted by molar-refractivity contribution is 6.01. The summed E-state index contributed by atoms with van der Waals surface area (Å²) in [5.74, 6) is -2.11. The minimum Gasteiger partial charge on any atom is -0.491 e. The minimum atomic E-state index is -1.25. The van der Waals surface area contributed by atoms with E-state index in [4.69, 9.17) is 4.74 Å². The Bertz CT molecular complexity index is 1350. The number of hydrogen-bond donors (Lipinski definition) is 5. The van der Waals surface area contributed by atoms with Crippen LogP contribution in [0.1, 0.15) is 34.3 Å². The van der Waals surface area contributed by atoms with Crippen LogP contribution in [0.25, 0.3) is 0 Å². The first-order valence-corrected chi connectivity index (χ1v) is 14.0. The van der Waals surface area contributed by atoms with Crippen LogP contribution in [0.15, 0.2) is 84.9 Å². The maximum Gasteiger partial charge on any atom is 0.255 e. The van der Waals surface area contributed by atoms with Crippen LogP contribution < -0.4 is 26.0 Å². The Morgan fingerprint density at radius 3 is 2.24 bits per heavy atom. The number of hydrogen-bond acceptors (Lipinski definition) is 6. The molecule has 0 aromatic heterocycles. The Hall–Kier alpha value is -4.70. The van der Waals surface area contributed by atoms with Crippen LogP contribution in [0.3, 0.4) is 0 Å². The summed E-state index contributed by atoms with van der Waals surface area (Å²) in [6.07, 6.45) is 1.40. The topological polar surface area (TPSA) is 146 Å². The van der Waals surface area contributed by atoms with Crippen molar-refractivity contribution in [2.75, 3.05) is 19.8 Å². The summed E-state index contributed by atoms with van der Waals surface area (Å²) < 4.78 is 6.02. The molecule has 4 amide bonds. The SMILES string of the molecule is O=C1C[C@@H](C(=O)NCCCc2ccccc2)NC(=O)c2ccccc2OC[C@@H](Cc2ccccc2)NC(=O)[C@H](CO)N1. The van der Waals surface area contributed by atoms with Gasteiger partial charge < -0.3 is 31.1 Å². The molecule has 0 radical (unpaired) electrons. The van der Waals surface area contributed by atoms with E-state index < -0.39 is 54.8 Å². The first-order valence-electron chi connectivity index (χ1n) is 14.0. The lowest BCUT2D eigenvalue weighted by Crippen LogP contribution is -2.55. The molecule has 0 unspecified atom stereocenters. The van der Waals surface area contributed by atoms with Crippen molar-refractivity contribution in [1.29, 1.82) is 0 Å². The summed E-state index contributed by atoms with van der Waals surface area (Å²) in [6, 6.07) is 22.9. The molecular weight excluding hydrogens is 536 g/mol. The number of amides is 4. The van der Waals surface area contributed by atoms with E-state index in [1.54, 1.807) is 24.3 Å². The molecule has 0 spiro atoms. The van der Waals surface area contributed by atoms with Crippen molar-refractivity contribution in [1.82, 2.24) is 21.3 Å². The second kappa shape index (κ2) is 15.3. The van der Waals surface area contributed by atoms with E-state index in [1.165, 1.54) is 0 Å². The minimum absolute atomic E-state index is 0.0162. The average Bonchev–Trinajstić information content (AvgIpc) is 3.01. The molecule has 0 fully saturated rings. The number of carbonyl (C=O) groups is 4. The van der Waals surface area contributed by atoms with E-state index in [0.29, 0.717) is 19.4 Å². The summed E-state index contributed by atoms with van der Waals surface area (Å²) >= 11 is 0. The molecule has 1 heterocycles. The second-order valence-corrected chi connectivity index (χ2v) is 10.1. The van der Waals surface area contributed by atoms with E-state index in [0.717, 1.165) is 17.5 Å². The van der Waals surface area contributed by atoms with Crippen molar-refractivity contribution in [2.24, 2.45) is 0 Å². The van der Waals surface area contributed by atoms with Gasteiger partial charge in [0.15, 0.2) is 0 Å². The van der Waals surface area contributed by atoms with Crippen molar-refractivity contribution in [2.45, 2.75) is 43.8 Å². The van der Waals surface area contributed by atoms with E-state index in [1.807, 2.05) is 60.7 Å². The number of carbonyl (C=O) groups excluding carboxylic acids is 4. The zero-order valence-electron chi connectivity index (χ0n) is 23.3. The number of fused-ring (bicyclic) bond motifs is 1. The largest absolute Gasteiger partial charge is 0.491 e. The van der Waals surface area contributed by atoms with Crippen molar-refractivity contribution < 1.29 is 29.0 Å². The highest BCUT2D eigenvalue weighted by atomic mass is 16.5. The summed E-state index contributed by atoms with van der Waals surface area (Å²) in [4.78, 5) is 52.5. The van der Waals surface area contributed by atoms with Crippen LogP contribution in [0.2, 0.25) is 0 Å². The first kappa shape index (κ1) is 30.3. The molecule has 220 valence electrons. The van der Waals surface area contributed by atoms with Gasteiger partial charge in [-0.2, -0.15) is 0 Å². The van der Waals surface area contributed by atoms with Crippen molar-refractivity contribution in [3.63, 3.8) is 0 Å². The molecule has 1 aliphatic rings. The van der Waals surface area contributed by atoms with Crippen LogP contribution >= 0.6 is 0 Å². The maximum absolute atomic E-state index is 13.3. The molecule has 10 heteroatoms. The third kappa shape index (κ3) is 8.90. The van der Waals surface area contributed by atoms with Crippen LogP contribution in [0, 0.1) is 0 Å². The van der Waals surface area contributed by atoms with E-state index >= 15 is 0 Å². The van der Waals surface area contributed by atoms with Crippen LogP contribution in [-0.2, 0) is 27.2 Å². The van der Waals surface area contributed by atoms with Crippen LogP contribution in [0.4, 0.5) is 0 Å². The molecule has 5 N–H and O–H groups in total. The smallest absolute Gasteiger partial charge is 0.255 e. The van der Waals surface area contributed by atoms with Crippen molar-refractivity contribution in [3.05, 3.63) is 102 Å². The Labute approximate surface area is 244 Å². The monoisotopic (exact) mass is 572 g/mol. The van der Waals surface area contributed by atoms with E-state index in [2.05, 4.69) is 21.3 Å². The molecule has 3 atom stereocenters. The Morgan fingerprint density at radius 1 is 0.857 bits per heavy atom. The quantitative estimate of drug-likeness (QED) is 0.259. The number of para-hydroxylation sites is 1. The zero-order valence-corrected chi connectivity index (χ0v) is 23.3. The number of aryl methyl sites for hydroxylation is 1. The van der Waals surface area contributed by atoms with Gasteiger partial charge in [0.2, 0.25) is 17.7 Å². The Balaban J connectivity index is 1.51. The fourth-order valence-electron chi connectivity index (χ4n) is 4.67. The van der Waals surface area contributed by atoms with E-state index in [9.17, 15) is 24.3 Å². The van der Waals surface area contributed by atoms with Gasteiger partial charge in [-0.15, -0.1) is 0 Å². The van der Waals surface area contributed by atoms with Crippen LogP contribution in [0.5, 0.6) is 5.75 Å². The van der Waals surface area contributed by atoms with Gasteiger partial charge in [-0.05, 0) is 42.5 Å². The fourth-order valence-corrected chi connectivity index (χ4v) is 4.67. The zero-order chi connectivity index (χ0) is 29.7. The lowest BCUT2D eigenvalue weighted by molar-refractivity contribution is -0.132. The summed E-state index contributed by atoms with van der Waals surface area (Å²) in [7, 11) is 0. The molecule has 0 saturated carbocycles. The molecule has 42 heavy (non-hydrogen) atoms. The molecular formula is C32H36N4O6. The molecule has 0 bridgehead atoms. The normalized spacial score (nSPS) is 19.6. The third-order valence-electron chi connectivity index (χ3n) is 6.87. The number of ether oxygens (including phenoxy) is 1. The van der Waals surface area contributed by atoms with Gasteiger partial charge in [-0.25, -0.2) is 0 Å². The maximum atomic E-state index is 13.3. The number of aliphatic hydroxyl groups excluding tert-OH is 1. The van der Waals surface area contributed by atoms with Gasteiger partial charge in [0.1, 0.15) is 24.4 Å². The number of rotatable bonds is 8. The number of aliphatic hydroxyl groups is 1. The highest BCUT2D eigenvalue weighted by Crippen LogP contribution is 2.19.